The van der Waals surface area contributed by atoms with E-state index in [-0.39, 0.29) is 25.2 Å². The molecule has 0 aliphatic carbocycles. The standard InChI is InChI=1S/C20H19Cl3N2O4/c1-12-14(21)4-2-5-17(12)25-19(27)11-29-20(28)7-3-6-18(26)24-13-8-9-15(22)16(23)10-13/h2,4-5,8-10H,3,6-7,11H2,1H3,(H,24,26)(H,25,27). The lowest BCUT2D eigenvalue weighted by molar-refractivity contribution is -0.147. The number of carbonyl (C=O) groups excluding carboxylic acids is 3. The molecule has 0 heterocycles. The van der Waals surface area contributed by atoms with Gasteiger partial charge in [-0.2, -0.15) is 0 Å². The second-order valence-electron chi connectivity index (χ2n) is 6.15. The molecular weight excluding hydrogens is 439 g/mol. The van der Waals surface area contributed by atoms with Gasteiger partial charge in [0, 0.05) is 29.2 Å². The number of nitrogens with one attached hydrogen (secondary N) is 2. The van der Waals surface area contributed by atoms with Crippen molar-refractivity contribution in [1.29, 1.82) is 0 Å². The van der Waals surface area contributed by atoms with E-state index in [0.29, 0.717) is 26.4 Å². The molecule has 0 aliphatic heterocycles. The van der Waals surface area contributed by atoms with Gasteiger partial charge in [-0.05, 0) is 49.2 Å². The minimum Gasteiger partial charge on any atom is -0.456 e. The monoisotopic (exact) mass is 456 g/mol. The van der Waals surface area contributed by atoms with Gasteiger partial charge in [-0.3, -0.25) is 14.4 Å². The van der Waals surface area contributed by atoms with Crippen LogP contribution in [0.4, 0.5) is 11.4 Å². The first-order valence-electron chi connectivity index (χ1n) is 8.71. The summed E-state index contributed by atoms with van der Waals surface area (Å²) >= 11 is 17.7. The van der Waals surface area contributed by atoms with Gasteiger partial charge >= 0.3 is 5.97 Å². The van der Waals surface area contributed by atoms with Gasteiger partial charge in [-0.1, -0.05) is 40.9 Å². The van der Waals surface area contributed by atoms with E-state index in [1.807, 2.05) is 0 Å². The molecule has 2 aromatic rings. The third-order valence-electron chi connectivity index (χ3n) is 3.89. The van der Waals surface area contributed by atoms with E-state index in [4.69, 9.17) is 39.5 Å². The van der Waals surface area contributed by atoms with E-state index in [9.17, 15) is 14.4 Å². The van der Waals surface area contributed by atoms with Crippen LogP contribution in [0.1, 0.15) is 24.8 Å². The maximum Gasteiger partial charge on any atom is 0.306 e. The predicted molar refractivity (Wildman–Crippen MR) is 115 cm³/mol. The van der Waals surface area contributed by atoms with Crippen molar-refractivity contribution in [3.05, 3.63) is 57.0 Å². The van der Waals surface area contributed by atoms with E-state index < -0.39 is 18.5 Å². The van der Waals surface area contributed by atoms with Gasteiger partial charge < -0.3 is 15.4 Å². The Morgan fingerprint density at radius 3 is 2.38 bits per heavy atom. The molecule has 0 saturated carbocycles. The molecular formula is C20H19Cl3N2O4. The van der Waals surface area contributed by atoms with Gasteiger partial charge in [-0.25, -0.2) is 0 Å². The highest BCUT2D eigenvalue weighted by Crippen LogP contribution is 2.25. The second kappa shape index (κ2) is 11.0. The molecule has 0 radical (unpaired) electrons. The maximum absolute atomic E-state index is 11.9. The van der Waals surface area contributed by atoms with Crippen molar-refractivity contribution in [2.75, 3.05) is 17.2 Å². The first-order valence-corrected chi connectivity index (χ1v) is 9.85. The first kappa shape index (κ1) is 23.0. The van der Waals surface area contributed by atoms with Crippen molar-refractivity contribution in [1.82, 2.24) is 0 Å². The minimum atomic E-state index is -0.565. The molecule has 0 saturated heterocycles. The molecule has 0 spiro atoms. The third kappa shape index (κ3) is 7.57. The molecule has 2 amide bonds. The van der Waals surface area contributed by atoms with Crippen LogP contribution < -0.4 is 10.6 Å². The quantitative estimate of drug-likeness (QED) is 0.531. The van der Waals surface area contributed by atoms with Gasteiger partial charge in [0.05, 0.1) is 10.0 Å². The number of benzene rings is 2. The van der Waals surface area contributed by atoms with Crippen LogP contribution in [0.25, 0.3) is 0 Å². The lowest BCUT2D eigenvalue weighted by Gasteiger charge is -2.10. The number of halogens is 3. The van der Waals surface area contributed by atoms with Crippen LogP contribution in [0.3, 0.4) is 0 Å². The molecule has 0 unspecified atom stereocenters. The zero-order valence-electron chi connectivity index (χ0n) is 15.6. The summed E-state index contributed by atoms with van der Waals surface area (Å²) in [6, 6.07) is 9.86. The van der Waals surface area contributed by atoms with E-state index in [1.165, 1.54) is 6.07 Å². The number of anilines is 2. The molecule has 9 heteroatoms. The average molecular weight is 458 g/mol. The highest BCUT2D eigenvalue weighted by molar-refractivity contribution is 6.42. The Hall–Kier alpha value is -2.28. The van der Waals surface area contributed by atoms with Crippen LogP contribution in [0, 0.1) is 6.92 Å². The SMILES string of the molecule is Cc1c(Cl)cccc1NC(=O)COC(=O)CCCC(=O)Nc1ccc(Cl)c(Cl)c1. The summed E-state index contributed by atoms with van der Waals surface area (Å²) in [5.41, 5.74) is 1.79. The van der Waals surface area contributed by atoms with Crippen molar-refractivity contribution >= 4 is 64.0 Å². The molecule has 6 nitrogen and oxygen atoms in total. The fourth-order valence-electron chi connectivity index (χ4n) is 2.34. The molecule has 0 fully saturated rings. The van der Waals surface area contributed by atoms with Crippen LogP contribution >= 0.6 is 34.8 Å². The summed E-state index contributed by atoms with van der Waals surface area (Å²) < 4.78 is 4.93. The van der Waals surface area contributed by atoms with Crippen LogP contribution in [-0.2, 0) is 19.1 Å². The normalized spacial score (nSPS) is 10.3. The van der Waals surface area contributed by atoms with Gasteiger partial charge in [0.1, 0.15) is 0 Å². The summed E-state index contributed by atoms with van der Waals surface area (Å²) in [6.07, 6.45) is 0.405. The van der Waals surface area contributed by atoms with Gasteiger partial charge in [0.15, 0.2) is 6.61 Å². The van der Waals surface area contributed by atoms with E-state index in [0.717, 1.165) is 5.56 Å². The molecule has 2 rings (SSSR count). The lowest BCUT2D eigenvalue weighted by atomic mass is 10.2. The Bertz CT molecular complexity index is 919. The summed E-state index contributed by atoms with van der Waals surface area (Å²) in [4.78, 5) is 35.6. The van der Waals surface area contributed by atoms with E-state index in [2.05, 4.69) is 10.6 Å². The Labute approximate surface area is 183 Å². The number of ether oxygens (including phenoxy) is 1. The summed E-state index contributed by atoms with van der Waals surface area (Å²) in [7, 11) is 0. The van der Waals surface area contributed by atoms with Crippen molar-refractivity contribution in [2.45, 2.75) is 26.2 Å². The Kier molecular flexibility index (Phi) is 8.76. The number of carbonyl (C=O) groups is 3. The Balaban J connectivity index is 1.67. The largest absolute Gasteiger partial charge is 0.456 e. The number of esters is 1. The van der Waals surface area contributed by atoms with Crippen LogP contribution in [-0.4, -0.2) is 24.4 Å². The maximum atomic E-state index is 11.9. The first-order chi connectivity index (χ1) is 13.8. The minimum absolute atomic E-state index is 0.0122. The Morgan fingerprint density at radius 1 is 0.897 bits per heavy atom. The molecule has 0 bridgehead atoms. The van der Waals surface area contributed by atoms with Crippen LogP contribution in [0.5, 0.6) is 0 Å². The topological polar surface area (TPSA) is 84.5 Å². The van der Waals surface area contributed by atoms with E-state index >= 15 is 0 Å². The molecule has 154 valence electrons. The van der Waals surface area contributed by atoms with Crippen molar-refractivity contribution in [3.63, 3.8) is 0 Å². The zero-order chi connectivity index (χ0) is 21.4. The predicted octanol–water partition coefficient (Wildman–Crippen LogP) is 5.25. The highest BCUT2D eigenvalue weighted by Gasteiger charge is 2.11. The number of hydrogen-bond acceptors (Lipinski definition) is 4. The van der Waals surface area contributed by atoms with Crippen molar-refractivity contribution in [2.24, 2.45) is 0 Å². The number of hydrogen-bond donors (Lipinski definition) is 2. The zero-order valence-corrected chi connectivity index (χ0v) is 17.8. The number of amides is 2. The van der Waals surface area contributed by atoms with Crippen LogP contribution in [0.2, 0.25) is 15.1 Å². The molecule has 0 aliphatic rings. The van der Waals surface area contributed by atoms with Gasteiger partial charge in [0.25, 0.3) is 5.91 Å². The van der Waals surface area contributed by atoms with Gasteiger partial charge in [0.2, 0.25) is 5.91 Å². The highest BCUT2D eigenvalue weighted by atomic mass is 35.5. The average Bonchev–Trinajstić information content (AvgIpc) is 2.67. The smallest absolute Gasteiger partial charge is 0.306 e. The number of rotatable bonds is 8. The summed E-state index contributed by atoms with van der Waals surface area (Å²) in [5, 5.41) is 6.54. The fourth-order valence-corrected chi connectivity index (χ4v) is 2.81. The van der Waals surface area contributed by atoms with E-state index in [1.54, 1.807) is 37.3 Å². The van der Waals surface area contributed by atoms with Crippen molar-refractivity contribution in [3.8, 4) is 0 Å². The summed E-state index contributed by atoms with van der Waals surface area (Å²) in [5.74, 6) is -1.31. The Morgan fingerprint density at radius 2 is 1.66 bits per heavy atom. The molecule has 2 aromatic carbocycles. The molecule has 29 heavy (non-hydrogen) atoms. The van der Waals surface area contributed by atoms with Crippen molar-refractivity contribution < 1.29 is 19.1 Å². The molecule has 0 atom stereocenters. The van der Waals surface area contributed by atoms with Crippen LogP contribution in [0.15, 0.2) is 36.4 Å². The molecule has 0 aromatic heterocycles. The summed E-state index contributed by atoms with van der Waals surface area (Å²) in [6.45, 7) is 1.35. The second-order valence-corrected chi connectivity index (χ2v) is 7.37. The van der Waals surface area contributed by atoms with Gasteiger partial charge in [-0.15, -0.1) is 0 Å². The molecule has 2 N–H and O–H groups in total. The lowest BCUT2D eigenvalue weighted by Crippen LogP contribution is -2.21. The third-order valence-corrected chi connectivity index (χ3v) is 5.04. The fraction of sp³-hybridized carbons (Fsp3) is 0.250.